The fraction of sp³-hybridized carbons (Fsp3) is 0.947. The summed E-state index contributed by atoms with van der Waals surface area (Å²) in [6.07, 6.45) is 3.33. The number of rotatable bonds is 6. The number of hydrogen-bond acceptors (Lipinski definition) is 5. The van der Waals surface area contributed by atoms with E-state index in [0.717, 1.165) is 45.6 Å². The first-order valence-electron chi connectivity index (χ1n) is 9.56. The second-order valence-corrected chi connectivity index (χ2v) is 9.26. The van der Waals surface area contributed by atoms with E-state index >= 15 is 0 Å². The Kier molecular flexibility index (Phi) is 6.52. The molecule has 2 rings (SSSR count). The van der Waals surface area contributed by atoms with Crippen molar-refractivity contribution in [2.75, 3.05) is 53.5 Å². The van der Waals surface area contributed by atoms with Crippen LogP contribution in [0.3, 0.4) is 0 Å². The molecule has 2 aliphatic heterocycles. The van der Waals surface area contributed by atoms with Crippen molar-refractivity contribution in [1.82, 2.24) is 15.1 Å². The summed E-state index contributed by atoms with van der Waals surface area (Å²) < 4.78 is 5.50. The van der Waals surface area contributed by atoms with Gasteiger partial charge in [0.05, 0.1) is 0 Å². The minimum Gasteiger partial charge on any atom is -0.381 e. The highest BCUT2D eigenvalue weighted by atomic mass is 16.5. The Bertz CT molecular complexity index is 455. The molecule has 2 aliphatic rings. The summed E-state index contributed by atoms with van der Waals surface area (Å²) in [5.74, 6) is -0.118. The Hall–Kier alpha value is -0.690. The normalized spacial score (nSPS) is 27.8. The van der Waals surface area contributed by atoms with Gasteiger partial charge >= 0.3 is 0 Å². The van der Waals surface area contributed by atoms with E-state index in [1.807, 2.05) is 4.90 Å². The number of aliphatic hydroxyl groups is 1. The maximum absolute atomic E-state index is 12.8. The van der Waals surface area contributed by atoms with Crippen molar-refractivity contribution in [1.29, 1.82) is 0 Å². The van der Waals surface area contributed by atoms with Crippen LogP contribution in [-0.2, 0) is 9.53 Å². The van der Waals surface area contributed by atoms with E-state index in [9.17, 15) is 9.90 Å². The first-order chi connectivity index (χ1) is 11.6. The maximum atomic E-state index is 12.8. The number of carbonyl (C=O) groups is 1. The molecule has 0 bridgehead atoms. The van der Waals surface area contributed by atoms with Gasteiger partial charge in [-0.3, -0.25) is 4.79 Å². The molecule has 146 valence electrons. The minimum absolute atomic E-state index is 0.0391. The van der Waals surface area contributed by atoms with Crippen LogP contribution in [0.1, 0.15) is 46.5 Å². The van der Waals surface area contributed by atoms with Crippen molar-refractivity contribution in [3.63, 3.8) is 0 Å². The van der Waals surface area contributed by atoms with Gasteiger partial charge in [-0.1, -0.05) is 20.8 Å². The average Bonchev–Trinajstić information content (AvgIpc) is 2.51. The number of nitrogens with zero attached hydrogens (tertiary/aromatic N) is 2. The Morgan fingerprint density at radius 3 is 2.40 bits per heavy atom. The Labute approximate surface area is 152 Å². The monoisotopic (exact) mass is 355 g/mol. The average molecular weight is 356 g/mol. The Balaban J connectivity index is 1.95. The zero-order valence-electron chi connectivity index (χ0n) is 16.7. The number of nitrogens with one attached hydrogen (secondary N) is 1. The van der Waals surface area contributed by atoms with Crippen molar-refractivity contribution in [2.24, 2.45) is 5.41 Å². The van der Waals surface area contributed by atoms with Gasteiger partial charge in [-0.05, 0) is 45.2 Å². The molecule has 2 N–H and O–H groups in total. The lowest BCUT2D eigenvalue weighted by Gasteiger charge is -2.44. The predicted octanol–water partition coefficient (Wildman–Crippen LogP) is 1.09. The van der Waals surface area contributed by atoms with Gasteiger partial charge in [0.15, 0.2) is 5.60 Å². The molecule has 0 saturated carbocycles. The van der Waals surface area contributed by atoms with Gasteiger partial charge in [0.25, 0.3) is 5.91 Å². The zero-order valence-corrected chi connectivity index (χ0v) is 16.7. The molecule has 6 nitrogen and oxygen atoms in total. The van der Waals surface area contributed by atoms with Crippen molar-refractivity contribution >= 4 is 5.91 Å². The Morgan fingerprint density at radius 2 is 1.84 bits per heavy atom. The molecular weight excluding hydrogens is 318 g/mol. The van der Waals surface area contributed by atoms with Gasteiger partial charge in [0.2, 0.25) is 0 Å². The minimum atomic E-state index is -1.28. The van der Waals surface area contributed by atoms with E-state index in [2.05, 4.69) is 45.1 Å². The third-order valence-electron chi connectivity index (χ3n) is 5.61. The highest BCUT2D eigenvalue weighted by Crippen LogP contribution is 2.28. The summed E-state index contributed by atoms with van der Waals surface area (Å²) in [5, 5.41) is 14.4. The fourth-order valence-electron chi connectivity index (χ4n) is 3.99. The molecule has 1 atom stereocenters. The quantitative estimate of drug-likeness (QED) is 0.747. The van der Waals surface area contributed by atoms with Crippen LogP contribution in [0.5, 0.6) is 0 Å². The first kappa shape index (κ1) is 20.6. The van der Waals surface area contributed by atoms with Gasteiger partial charge in [-0.25, -0.2) is 0 Å². The summed E-state index contributed by atoms with van der Waals surface area (Å²) in [6.45, 7) is 10.4. The fourth-order valence-corrected chi connectivity index (χ4v) is 3.99. The third-order valence-corrected chi connectivity index (χ3v) is 5.61. The largest absolute Gasteiger partial charge is 0.381 e. The van der Waals surface area contributed by atoms with Crippen LogP contribution in [0.4, 0.5) is 0 Å². The van der Waals surface area contributed by atoms with Crippen LogP contribution in [-0.4, -0.2) is 85.4 Å². The highest BCUT2D eigenvalue weighted by Gasteiger charge is 2.43. The van der Waals surface area contributed by atoms with E-state index in [1.54, 1.807) is 0 Å². The van der Waals surface area contributed by atoms with Gasteiger partial charge < -0.3 is 25.0 Å². The van der Waals surface area contributed by atoms with Crippen molar-refractivity contribution in [3.05, 3.63) is 0 Å². The zero-order chi connectivity index (χ0) is 18.7. The molecule has 1 amide bonds. The number of piperidine rings is 1. The van der Waals surface area contributed by atoms with Gasteiger partial charge in [-0.2, -0.15) is 0 Å². The summed E-state index contributed by atoms with van der Waals surface area (Å²) in [6, 6.07) is 0. The number of ether oxygens (including phenoxy) is 1. The lowest BCUT2D eigenvalue weighted by atomic mass is 9.86. The van der Waals surface area contributed by atoms with Crippen LogP contribution < -0.4 is 5.32 Å². The Morgan fingerprint density at radius 1 is 1.20 bits per heavy atom. The smallest absolute Gasteiger partial charge is 0.255 e. The van der Waals surface area contributed by atoms with Crippen molar-refractivity contribution in [3.8, 4) is 0 Å². The van der Waals surface area contributed by atoms with Crippen molar-refractivity contribution < 1.29 is 14.6 Å². The summed E-state index contributed by atoms with van der Waals surface area (Å²) >= 11 is 0. The molecule has 0 aliphatic carbocycles. The number of amides is 1. The molecule has 1 unspecified atom stereocenters. The van der Waals surface area contributed by atoms with E-state index in [1.165, 1.54) is 0 Å². The second-order valence-electron chi connectivity index (χ2n) is 9.26. The molecule has 0 aromatic carbocycles. The second kappa shape index (κ2) is 7.91. The molecule has 0 aromatic rings. The van der Waals surface area contributed by atoms with Crippen LogP contribution in [0.15, 0.2) is 0 Å². The van der Waals surface area contributed by atoms with Crippen molar-refractivity contribution in [2.45, 2.75) is 57.6 Å². The number of carbonyl (C=O) groups excluding carboxylic acids is 1. The molecule has 2 fully saturated rings. The number of hydrogen-bond donors (Lipinski definition) is 2. The molecule has 25 heavy (non-hydrogen) atoms. The molecule has 0 aromatic heterocycles. The van der Waals surface area contributed by atoms with Gasteiger partial charge in [0.1, 0.15) is 0 Å². The van der Waals surface area contributed by atoms with Gasteiger partial charge in [-0.15, -0.1) is 0 Å². The van der Waals surface area contributed by atoms with Crippen LogP contribution in [0, 0.1) is 5.41 Å². The van der Waals surface area contributed by atoms with Gasteiger partial charge in [0, 0.05) is 44.9 Å². The van der Waals surface area contributed by atoms with E-state index in [-0.39, 0.29) is 16.9 Å². The highest BCUT2D eigenvalue weighted by molar-refractivity contribution is 5.86. The van der Waals surface area contributed by atoms with E-state index in [0.29, 0.717) is 19.5 Å². The van der Waals surface area contributed by atoms with E-state index in [4.69, 9.17) is 4.74 Å². The maximum Gasteiger partial charge on any atom is 0.255 e. The van der Waals surface area contributed by atoms with Crippen LogP contribution in [0.2, 0.25) is 0 Å². The number of likely N-dealkylation sites (N-methyl/N-ethyl adjacent to an activating group) is 1. The molecular formula is C19H37N3O3. The SMILES string of the molecule is CN(C)C1(CNCC2(O)CCCN(CC(C)(C)C)C2=O)CCOCC1. The number of likely N-dealkylation sites (tertiary alicyclic amines) is 1. The lowest BCUT2D eigenvalue weighted by Crippen LogP contribution is -2.61. The molecule has 6 heteroatoms. The van der Waals surface area contributed by atoms with Crippen LogP contribution >= 0.6 is 0 Å². The summed E-state index contributed by atoms with van der Waals surface area (Å²) in [5.41, 5.74) is -1.20. The lowest BCUT2D eigenvalue weighted by molar-refractivity contribution is -0.158. The first-order valence-corrected chi connectivity index (χ1v) is 9.56. The molecule has 0 radical (unpaired) electrons. The summed E-state index contributed by atoms with van der Waals surface area (Å²) in [4.78, 5) is 16.9. The predicted molar refractivity (Wildman–Crippen MR) is 99.6 cm³/mol. The summed E-state index contributed by atoms with van der Waals surface area (Å²) in [7, 11) is 4.19. The standard InChI is InChI=1S/C19H37N3O3/c1-17(2,3)15-22-10-6-7-19(24,16(22)23)14-20-13-18(21(4)5)8-11-25-12-9-18/h20,24H,6-15H2,1-5H3. The molecule has 2 saturated heterocycles. The van der Waals surface area contributed by atoms with Crippen LogP contribution in [0.25, 0.3) is 0 Å². The van der Waals surface area contributed by atoms with E-state index < -0.39 is 5.60 Å². The third kappa shape index (κ3) is 5.16. The molecule has 0 spiro atoms. The topological polar surface area (TPSA) is 65.0 Å². The molecule has 2 heterocycles.